The molecule has 0 bridgehead atoms. The van der Waals surface area contributed by atoms with Gasteiger partial charge in [0.05, 0.1) is 23.0 Å². The van der Waals surface area contributed by atoms with Crippen LogP contribution in [0.25, 0.3) is 0 Å². The van der Waals surface area contributed by atoms with Gasteiger partial charge in [-0.2, -0.15) is 10.5 Å². The number of rotatable bonds is 6. The van der Waals surface area contributed by atoms with Crippen LogP contribution >= 0.6 is 0 Å². The van der Waals surface area contributed by atoms with Crippen LogP contribution in [-0.2, 0) is 16.1 Å². The number of fused-ring (bicyclic) bond motifs is 1. The molecule has 0 N–H and O–H groups in total. The molecule has 1 fully saturated rings. The van der Waals surface area contributed by atoms with Crippen LogP contribution in [0.5, 0.6) is 0 Å². The number of Topliss-reactive ketones (excluding diaryl/α,β-unsaturated/α-hetero) is 1. The summed E-state index contributed by atoms with van der Waals surface area (Å²) in [5, 5.41) is 18.8. The van der Waals surface area contributed by atoms with Crippen LogP contribution in [0.4, 0.5) is 11.4 Å². The number of ketones is 1. The maximum atomic E-state index is 13.0. The van der Waals surface area contributed by atoms with E-state index in [1.54, 1.807) is 0 Å². The van der Waals surface area contributed by atoms with Crippen molar-refractivity contribution in [3.05, 3.63) is 71.1 Å². The molecular weight excluding hydrogens is 452 g/mol. The molecule has 36 heavy (non-hydrogen) atoms. The van der Waals surface area contributed by atoms with Gasteiger partial charge in [0.25, 0.3) is 0 Å². The summed E-state index contributed by atoms with van der Waals surface area (Å²) in [4.78, 5) is 33.8. The van der Waals surface area contributed by atoms with E-state index in [9.17, 15) is 14.9 Å². The Morgan fingerprint density at radius 1 is 0.861 bits per heavy atom. The topological polar surface area (TPSA) is 94.7 Å². The highest BCUT2D eigenvalue weighted by Crippen LogP contribution is 2.40. The van der Waals surface area contributed by atoms with Crippen molar-refractivity contribution >= 4 is 23.1 Å². The molecule has 4 rings (SSSR count). The third-order valence-electron chi connectivity index (χ3n) is 6.85. The molecule has 0 saturated carbocycles. The van der Waals surface area contributed by atoms with Crippen molar-refractivity contribution in [3.8, 4) is 12.1 Å². The van der Waals surface area contributed by atoms with Crippen molar-refractivity contribution in [2.24, 2.45) is 0 Å². The number of anilines is 2. The summed E-state index contributed by atoms with van der Waals surface area (Å²) in [7, 11) is 3.68. The lowest BCUT2D eigenvalue weighted by atomic mass is 10.1. The molecule has 2 aromatic carbocycles. The quantitative estimate of drug-likeness (QED) is 0.461. The highest BCUT2D eigenvalue weighted by atomic mass is 16.2. The van der Waals surface area contributed by atoms with Crippen molar-refractivity contribution in [1.82, 2.24) is 9.80 Å². The minimum atomic E-state index is -0.315. The van der Waals surface area contributed by atoms with Gasteiger partial charge in [-0.3, -0.25) is 14.5 Å². The maximum Gasteiger partial charge on any atom is 0.223 e. The molecule has 2 aliphatic heterocycles. The van der Waals surface area contributed by atoms with E-state index in [4.69, 9.17) is 5.26 Å². The number of carbonyl (C=O) groups is 2. The van der Waals surface area contributed by atoms with Gasteiger partial charge in [0.1, 0.15) is 17.5 Å². The van der Waals surface area contributed by atoms with Crippen LogP contribution in [0.2, 0.25) is 0 Å². The monoisotopic (exact) mass is 482 g/mol. The molecule has 0 radical (unpaired) electrons. The Kier molecular flexibility index (Phi) is 7.68. The first-order valence-corrected chi connectivity index (χ1v) is 12.2. The predicted molar refractivity (Wildman–Crippen MR) is 138 cm³/mol. The lowest BCUT2D eigenvalue weighted by Crippen LogP contribution is -2.35. The number of para-hydroxylation sites is 2. The zero-order valence-electron chi connectivity index (χ0n) is 20.8. The number of benzene rings is 2. The van der Waals surface area contributed by atoms with Gasteiger partial charge in [0.2, 0.25) is 5.91 Å². The molecule has 0 spiro atoms. The molecule has 184 valence electrons. The summed E-state index contributed by atoms with van der Waals surface area (Å²) in [5.74, 6) is 0.177. The van der Waals surface area contributed by atoms with Crippen LogP contribution in [-0.4, -0.2) is 61.8 Å². The minimum Gasteiger partial charge on any atom is -0.341 e. The summed E-state index contributed by atoms with van der Waals surface area (Å²) < 4.78 is 0. The third-order valence-corrected chi connectivity index (χ3v) is 6.85. The Balaban J connectivity index is 1.33. The van der Waals surface area contributed by atoms with Gasteiger partial charge in [-0.05, 0) is 36.2 Å². The lowest BCUT2D eigenvalue weighted by molar-refractivity contribution is -0.132. The summed E-state index contributed by atoms with van der Waals surface area (Å²) in [6.45, 7) is 3.67. The molecule has 1 saturated heterocycles. The van der Waals surface area contributed by atoms with E-state index in [1.807, 2.05) is 77.3 Å². The standard InChI is InChI=1S/C28H30N6O2/c1-31-24-6-3-4-7-25(24)32(2)28(31)23(19-30)26(35)12-13-27(36)34-15-5-14-33(16-17-34)20-22-10-8-21(18-29)9-11-22/h3-4,6-11H,5,12-17,20H2,1-2H3. The van der Waals surface area contributed by atoms with Crippen LogP contribution < -0.4 is 9.80 Å². The normalized spacial score (nSPS) is 15.7. The summed E-state index contributed by atoms with van der Waals surface area (Å²) in [6, 6.07) is 19.6. The Bertz CT molecular complexity index is 1220. The predicted octanol–water partition coefficient (Wildman–Crippen LogP) is 3.26. The van der Waals surface area contributed by atoms with Gasteiger partial charge < -0.3 is 14.7 Å². The van der Waals surface area contributed by atoms with Crippen molar-refractivity contribution in [1.29, 1.82) is 10.5 Å². The van der Waals surface area contributed by atoms with Crippen LogP contribution in [0.1, 0.15) is 30.4 Å². The smallest absolute Gasteiger partial charge is 0.223 e. The van der Waals surface area contributed by atoms with Crippen LogP contribution in [0.15, 0.2) is 59.9 Å². The molecule has 0 aromatic heterocycles. The zero-order valence-corrected chi connectivity index (χ0v) is 20.8. The molecule has 2 heterocycles. The fourth-order valence-corrected chi connectivity index (χ4v) is 4.88. The first-order valence-electron chi connectivity index (χ1n) is 12.2. The lowest BCUT2D eigenvalue weighted by Gasteiger charge is -2.22. The largest absolute Gasteiger partial charge is 0.341 e. The van der Waals surface area contributed by atoms with E-state index in [0.29, 0.717) is 24.5 Å². The highest BCUT2D eigenvalue weighted by molar-refractivity contribution is 6.03. The number of hydrogen-bond acceptors (Lipinski definition) is 7. The SMILES string of the molecule is CN1C(=C(C#N)C(=O)CCC(=O)N2CCCN(Cc3ccc(C#N)cc3)CC2)N(C)c2ccccc21. The number of nitrogens with zero attached hydrogens (tertiary/aromatic N) is 6. The molecule has 0 aliphatic carbocycles. The van der Waals surface area contributed by atoms with E-state index in [2.05, 4.69) is 17.0 Å². The van der Waals surface area contributed by atoms with Crippen LogP contribution in [0, 0.1) is 22.7 Å². The van der Waals surface area contributed by atoms with E-state index in [0.717, 1.165) is 43.0 Å². The van der Waals surface area contributed by atoms with E-state index in [-0.39, 0.29) is 30.1 Å². The molecular formula is C28H30N6O2. The first kappa shape index (κ1) is 25.0. The Labute approximate surface area is 212 Å². The first-order chi connectivity index (χ1) is 17.4. The van der Waals surface area contributed by atoms with E-state index in [1.165, 1.54) is 0 Å². The molecule has 0 atom stereocenters. The second kappa shape index (κ2) is 11.1. The Morgan fingerprint density at radius 2 is 1.53 bits per heavy atom. The van der Waals surface area contributed by atoms with E-state index >= 15 is 0 Å². The van der Waals surface area contributed by atoms with Gasteiger partial charge in [0.15, 0.2) is 5.78 Å². The van der Waals surface area contributed by atoms with Gasteiger partial charge in [-0.25, -0.2) is 0 Å². The zero-order chi connectivity index (χ0) is 25.7. The average Bonchev–Trinajstić information content (AvgIpc) is 3.04. The summed E-state index contributed by atoms with van der Waals surface area (Å²) >= 11 is 0. The number of amides is 1. The van der Waals surface area contributed by atoms with Gasteiger partial charge in [-0.15, -0.1) is 0 Å². The third kappa shape index (κ3) is 5.25. The van der Waals surface area contributed by atoms with Crippen molar-refractivity contribution in [3.63, 3.8) is 0 Å². The average molecular weight is 483 g/mol. The molecule has 8 heteroatoms. The molecule has 1 amide bonds. The van der Waals surface area contributed by atoms with Crippen molar-refractivity contribution < 1.29 is 9.59 Å². The highest BCUT2D eigenvalue weighted by Gasteiger charge is 2.31. The Hall–Kier alpha value is -4.14. The molecule has 8 nitrogen and oxygen atoms in total. The number of nitriles is 2. The number of hydrogen-bond donors (Lipinski definition) is 0. The summed E-state index contributed by atoms with van der Waals surface area (Å²) in [6.07, 6.45) is 0.958. The Morgan fingerprint density at radius 3 is 2.14 bits per heavy atom. The van der Waals surface area contributed by atoms with Crippen molar-refractivity contribution in [2.75, 3.05) is 50.1 Å². The molecule has 2 aliphatic rings. The fourth-order valence-electron chi connectivity index (χ4n) is 4.88. The van der Waals surface area contributed by atoms with E-state index < -0.39 is 0 Å². The minimum absolute atomic E-state index is 0.00864. The van der Waals surface area contributed by atoms with Crippen LogP contribution in [0.3, 0.4) is 0 Å². The van der Waals surface area contributed by atoms with Gasteiger partial charge in [-0.1, -0.05) is 24.3 Å². The molecule has 0 unspecified atom stereocenters. The molecule has 2 aromatic rings. The van der Waals surface area contributed by atoms with Gasteiger partial charge >= 0.3 is 0 Å². The number of carbonyl (C=O) groups excluding carboxylic acids is 2. The number of allylic oxidation sites excluding steroid dienone is 1. The fraction of sp³-hybridized carbons (Fsp3) is 0.357. The summed E-state index contributed by atoms with van der Waals surface area (Å²) in [5.41, 5.74) is 3.73. The second-order valence-corrected chi connectivity index (χ2v) is 9.16. The van der Waals surface area contributed by atoms with Gasteiger partial charge in [0, 0.05) is 59.7 Å². The second-order valence-electron chi connectivity index (χ2n) is 9.16. The van der Waals surface area contributed by atoms with Crippen molar-refractivity contribution in [2.45, 2.75) is 25.8 Å². The maximum absolute atomic E-state index is 13.0.